The highest BCUT2D eigenvalue weighted by atomic mass is 19.4. The lowest BCUT2D eigenvalue weighted by Crippen LogP contribution is -2.27. The van der Waals surface area contributed by atoms with E-state index >= 15 is 0 Å². The van der Waals surface area contributed by atoms with Crippen LogP contribution in [0, 0.1) is 0 Å². The van der Waals surface area contributed by atoms with Crippen LogP contribution in [-0.4, -0.2) is 21.3 Å². The number of aromatic nitrogens is 2. The van der Waals surface area contributed by atoms with Gasteiger partial charge in [-0.2, -0.15) is 22.0 Å². The van der Waals surface area contributed by atoms with Crippen LogP contribution in [0.3, 0.4) is 0 Å². The van der Waals surface area contributed by atoms with E-state index < -0.39 is 29.5 Å². The maximum Gasteiger partial charge on any atom is 0.435 e. The summed E-state index contributed by atoms with van der Waals surface area (Å²) < 4.78 is 61.4. The Labute approximate surface area is 84.7 Å². The van der Waals surface area contributed by atoms with Gasteiger partial charge in [0.05, 0.1) is 0 Å². The molecule has 0 atom stereocenters. The molecule has 0 aliphatic carbocycles. The topological polar surface area (TPSA) is 63.1 Å². The van der Waals surface area contributed by atoms with Crippen LogP contribution < -0.4 is 0 Å². The van der Waals surface area contributed by atoms with E-state index in [1.807, 2.05) is 0 Å². The molecule has 0 amide bonds. The number of nitrogens with zero attached hydrogens (tertiary/aromatic N) is 2. The van der Waals surface area contributed by atoms with Gasteiger partial charge in [0, 0.05) is 0 Å². The molecule has 0 aromatic carbocycles. The Bertz CT molecular complexity index is 400. The molecule has 0 radical (unpaired) electrons. The van der Waals surface area contributed by atoms with Gasteiger partial charge in [0.15, 0.2) is 5.69 Å². The maximum atomic E-state index is 12.7. The second kappa shape index (κ2) is 3.65. The third-order valence-corrected chi connectivity index (χ3v) is 1.55. The molecule has 0 saturated heterocycles. The van der Waals surface area contributed by atoms with Crippen LogP contribution in [0.5, 0.6) is 0 Å². The molecule has 9 heteroatoms. The summed E-state index contributed by atoms with van der Waals surface area (Å²) in [5.41, 5.74) is -2.83. The fourth-order valence-electron chi connectivity index (χ4n) is 0.760. The van der Waals surface area contributed by atoms with Crippen molar-refractivity contribution in [1.29, 1.82) is 0 Å². The fourth-order valence-corrected chi connectivity index (χ4v) is 0.760. The lowest BCUT2D eigenvalue weighted by atomic mass is 10.2. The summed E-state index contributed by atoms with van der Waals surface area (Å²) in [5.74, 6) is -6.88. The summed E-state index contributed by atoms with van der Waals surface area (Å²) in [5, 5.41) is 13.1. The van der Waals surface area contributed by atoms with Crippen LogP contribution in [-0.2, 0) is 16.9 Å². The quantitative estimate of drug-likeness (QED) is 0.801. The molecule has 0 spiro atoms. The van der Waals surface area contributed by atoms with Gasteiger partial charge in [0.25, 0.3) is 0 Å². The Hall–Kier alpha value is -1.80. The van der Waals surface area contributed by atoms with Crippen molar-refractivity contribution in [3.63, 3.8) is 0 Å². The van der Waals surface area contributed by atoms with E-state index in [4.69, 9.17) is 5.11 Å². The molecule has 0 aliphatic heterocycles. The van der Waals surface area contributed by atoms with Crippen molar-refractivity contribution < 1.29 is 31.9 Å². The average Bonchev–Trinajstić information content (AvgIpc) is 2.16. The number of carboxylic acid groups (broad SMARTS) is 1. The molecule has 0 aliphatic rings. The number of carboxylic acids is 1. The standard InChI is InChI=1S/C7H3F5N2O2/c8-6(9,5(15)16)3-1-2-4(14-13-3)7(10,11)12/h1-2H,(H,15,16). The van der Waals surface area contributed by atoms with E-state index in [0.29, 0.717) is 0 Å². The van der Waals surface area contributed by atoms with Crippen LogP contribution in [0.25, 0.3) is 0 Å². The first kappa shape index (κ1) is 12.3. The summed E-state index contributed by atoms with van der Waals surface area (Å²) >= 11 is 0. The molecular weight excluding hydrogens is 239 g/mol. The van der Waals surface area contributed by atoms with Crippen molar-refractivity contribution in [3.8, 4) is 0 Å². The lowest BCUT2D eigenvalue weighted by Gasteiger charge is -2.10. The normalized spacial score (nSPS) is 12.6. The minimum Gasteiger partial charge on any atom is -0.476 e. The van der Waals surface area contributed by atoms with Crippen LogP contribution in [0.15, 0.2) is 12.1 Å². The number of rotatable bonds is 2. The van der Waals surface area contributed by atoms with Gasteiger partial charge in [-0.05, 0) is 12.1 Å². The molecule has 88 valence electrons. The summed E-state index contributed by atoms with van der Waals surface area (Å²) in [6, 6.07) is 0.503. The Balaban J connectivity index is 3.09. The number of hydrogen-bond acceptors (Lipinski definition) is 3. The molecule has 4 nitrogen and oxygen atoms in total. The molecule has 1 aromatic rings. The van der Waals surface area contributed by atoms with Gasteiger partial charge in [0.1, 0.15) is 5.69 Å². The Morgan fingerprint density at radius 3 is 1.81 bits per heavy atom. The van der Waals surface area contributed by atoms with Gasteiger partial charge in [0.2, 0.25) is 0 Å². The van der Waals surface area contributed by atoms with E-state index in [-0.39, 0.29) is 12.1 Å². The zero-order chi connectivity index (χ0) is 12.6. The number of aliphatic carboxylic acids is 1. The van der Waals surface area contributed by atoms with Gasteiger partial charge >= 0.3 is 18.1 Å². The molecule has 0 saturated carbocycles. The predicted octanol–water partition coefficient (Wildman–Crippen LogP) is 1.67. The maximum absolute atomic E-state index is 12.7. The summed E-state index contributed by atoms with van der Waals surface area (Å²) in [6.07, 6.45) is -4.82. The highest BCUT2D eigenvalue weighted by Gasteiger charge is 2.44. The molecule has 1 aromatic heterocycles. The first-order valence-electron chi connectivity index (χ1n) is 3.68. The van der Waals surface area contributed by atoms with Gasteiger partial charge in [-0.3, -0.25) is 0 Å². The zero-order valence-corrected chi connectivity index (χ0v) is 7.29. The number of halogens is 5. The molecule has 16 heavy (non-hydrogen) atoms. The second-order valence-corrected chi connectivity index (χ2v) is 2.68. The molecule has 1 heterocycles. The molecule has 1 N–H and O–H groups in total. The largest absolute Gasteiger partial charge is 0.476 e. The van der Waals surface area contributed by atoms with E-state index in [1.54, 1.807) is 0 Å². The minimum absolute atomic E-state index is 0.235. The van der Waals surface area contributed by atoms with Crippen molar-refractivity contribution in [2.75, 3.05) is 0 Å². The fraction of sp³-hybridized carbons (Fsp3) is 0.286. The molecule has 1 rings (SSSR count). The van der Waals surface area contributed by atoms with Crippen molar-refractivity contribution in [3.05, 3.63) is 23.5 Å². The SMILES string of the molecule is O=C(O)C(F)(F)c1ccc(C(F)(F)F)nn1. The van der Waals surface area contributed by atoms with Gasteiger partial charge < -0.3 is 5.11 Å². The zero-order valence-electron chi connectivity index (χ0n) is 7.29. The smallest absolute Gasteiger partial charge is 0.435 e. The summed E-state index contributed by atoms with van der Waals surface area (Å²) in [4.78, 5) is 10.1. The minimum atomic E-state index is -4.82. The van der Waals surface area contributed by atoms with Crippen LogP contribution in [0.1, 0.15) is 11.4 Å². The van der Waals surface area contributed by atoms with Crippen molar-refractivity contribution >= 4 is 5.97 Å². The van der Waals surface area contributed by atoms with Gasteiger partial charge in [-0.15, -0.1) is 10.2 Å². The third kappa shape index (κ3) is 2.23. The van der Waals surface area contributed by atoms with Crippen LogP contribution in [0.2, 0.25) is 0 Å². The monoisotopic (exact) mass is 242 g/mol. The molecule has 0 fully saturated rings. The first-order chi connectivity index (χ1) is 7.15. The van der Waals surface area contributed by atoms with Crippen LogP contribution in [0.4, 0.5) is 22.0 Å². The third-order valence-electron chi connectivity index (χ3n) is 1.55. The Morgan fingerprint density at radius 1 is 1.06 bits per heavy atom. The lowest BCUT2D eigenvalue weighted by molar-refractivity contribution is -0.167. The van der Waals surface area contributed by atoms with Crippen molar-refractivity contribution in [1.82, 2.24) is 10.2 Å². The highest BCUT2D eigenvalue weighted by Crippen LogP contribution is 2.30. The van der Waals surface area contributed by atoms with E-state index in [2.05, 4.69) is 10.2 Å². The number of carbonyl (C=O) groups is 1. The summed E-state index contributed by atoms with van der Waals surface area (Å²) in [6.45, 7) is 0. The number of alkyl halides is 5. The predicted molar refractivity (Wildman–Crippen MR) is 38.6 cm³/mol. The molecule has 0 unspecified atom stereocenters. The Morgan fingerprint density at radius 2 is 1.50 bits per heavy atom. The molecule has 0 bridgehead atoms. The highest BCUT2D eigenvalue weighted by molar-refractivity contribution is 5.76. The number of hydrogen-bond donors (Lipinski definition) is 1. The molecular formula is C7H3F5N2O2. The van der Waals surface area contributed by atoms with Gasteiger partial charge in [-0.1, -0.05) is 0 Å². The van der Waals surface area contributed by atoms with Crippen molar-refractivity contribution in [2.24, 2.45) is 0 Å². The Kier molecular flexibility index (Phi) is 2.80. The first-order valence-corrected chi connectivity index (χ1v) is 3.68. The van der Waals surface area contributed by atoms with Crippen LogP contribution >= 0.6 is 0 Å². The average molecular weight is 242 g/mol. The second-order valence-electron chi connectivity index (χ2n) is 2.68. The van der Waals surface area contributed by atoms with Gasteiger partial charge in [-0.25, -0.2) is 4.79 Å². The van der Waals surface area contributed by atoms with Crippen molar-refractivity contribution in [2.45, 2.75) is 12.1 Å². The summed E-state index contributed by atoms with van der Waals surface area (Å²) in [7, 11) is 0. The van der Waals surface area contributed by atoms with E-state index in [0.717, 1.165) is 0 Å². The van der Waals surface area contributed by atoms with E-state index in [1.165, 1.54) is 0 Å². The van der Waals surface area contributed by atoms with E-state index in [9.17, 15) is 26.7 Å².